The van der Waals surface area contributed by atoms with E-state index < -0.39 is 11.9 Å². The minimum absolute atomic E-state index is 0.0922. The van der Waals surface area contributed by atoms with Crippen LogP contribution in [0.25, 0.3) is 0 Å². The van der Waals surface area contributed by atoms with Gasteiger partial charge in [-0.05, 0) is 30.9 Å². The first-order chi connectivity index (χ1) is 6.07. The van der Waals surface area contributed by atoms with Crippen LogP contribution < -0.4 is 5.32 Å². The molecule has 0 amide bonds. The summed E-state index contributed by atoms with van der Waals surface area (Å²) < 4.78 is 36.7. The van der Waals surface area contributed by atoms with Crippen LogP contribution in [0.1, 0.15) is 19.3 Å². The fourth-order valence-electron chi connectivity index (χ4n) is 1.77. The van der Waals surface area contributed by atoms with Crippen LogP contribution >= 0.6 is 0 Å². The summed E-state index contributed by atoms with van der Waals surface area (Å²) in [5.74, 6) is 0. The number of alkyl halides is 3. The van der Waals surface area contributed by atoms with Gasteiger partial charge in [0.2, 0.25) is 0 Å². The molecule has 0 aromatic carbocycles. The summed E-state index contributed by atoms with van der Waals surface area (Å²) in [4.78, 5) is 0. The van der Waals surface area contributed by atoms with Crippen molar-refractivity contribution in [2.75, 3.05) is 0 Å². The van der Waals surface area contributed by atoms with E-state index in [0.29, 0.717) is 0 Å². The Morgan fingerprint density at radius 3 is 2.77 bits per heavy atom. The predicted octanol–water partition coefficient (Wildman–Crippen LogP) is 2.51. The first-order valence-corrected chi connectivity index (χ1v) is 4.33. The Morgan fingerprint density at radius 2 is 2.15 bits per heavy atom. The van der Waals surface area contributed by atoms with Gasteiger partial charge in [-0.3, -0.25) is 0 Å². The third-order valence-corrected chi connectivity index (χ3v) is 2.43. The quantitative estimate of drug-likeness (QED) is 0.617. The molecule has 13 heavy (non-hydrogen) atoms. The molecule has 0 aromatic rings. The summed E-state index contributed by atoms with van der Waals surface area (Å²) in [6.07, 6.45) is 1.57. The minimum Gasteiger partial charge on any atom is -0.374 e. The van der Waals surface area contributed by atoms with Crippen molar-refractivity contribution >= 4 is 0 Å². The van der Waals surface area contributed by atoms with E-state index in [1.807, 2.05) is 6.08 Å². The molecule has 1 N–H and O–H groups in total. The molecule has 1 atom stereocenters. The van der Waals surface area contributed by atoms with Crippen LogP contribution in [0.15, 0.2) is 23.4 Å². The zero-order chi connectivity index (χ0) is 9.47. The molecule has 1 aliphatic carbocycles. The van der Waals surface area contributed by atoms with Gasteiger partial charge in [0.25, 0.3) is 0 Å². The molecule has 0 radical (unpaired) electrons. The average Bonchev–Trinajstić information content (AvgIpc) is 2.45. The second-order valence-electron chi connectivity index (χ2n) is 3.39. The van der Waals surface area contributed by atoms with Gasteiger partial charge in [0, 0.05) is 0 Å². The second kappa shape index (κ2) is 2.79. The fraction of sp³-hybridized carbons (Fsp3) is 0.556. The smallest absolute Gasteiger partial charge is 0.374 e. The highest BCUT2D eigenvalue weighted by atomic mass is 19.4. The van der Waals surface area contributed by atoms with Crippen LogP contribution in [0.3, 0.4) is 0 Å². The molecule has 1 heterocycles. The topological polar surface area (TPSA) is 12.0 Å². The van der Waals surface area contributed by atoms with Crippen molar-refractivity contribution in [3.05, 3.63) is 23.4 Å². The Hall–Kier alpha value is -0.930. The van der Waals surface area contributed by atoms with Crippen LogP contribution in [0.2, 0.25) is 0 Å². The maximum absolute atomic E-state index is 12.2. The van der Waals surface area contributed by atoms with Gasteiger partial charge in [0.05, 0.1) is 6.04 Å². The van der Waals surface area contributed by atoms with E-state index in [9.17, 15) is 13.2 Å². The first kappa shape index (κ1) is 8.66. The van der Waals surface area contributed by atoms with Gasteiger partial charge in [-0.2, -0.15) is 13.2 Å². The molecule has 2 rings (SSSR count). The largest absolute Gasteiger partial charge is 0.430 e. The summed E-state index contributed by atoms with van der Waals surface area (Å²) in [6.45, 7) is 0. The van der Waals surface area contributed by atoms with Crippen LogP contribution in [0.5, 0.6) is 0 Å². The van der Waals surface area contributed by atoms with Crippen molar-refractivity contribution in [3.8, 4) is 0 Å². The third-order valence-electron chi connectivity index (χ3n) is 2.43. The number of fused-ring (bicyclic) bond motifs is 1. The summed E-state index contributed by atoms with van der Waals surface area (Å²) in [5, 5.41) is 2.50. The molecule has 1 nitrogen and oxygen atoms in total. The highest BCUT2D eigenvalue weighted by Crippen LogP contribution is 2.33. The van der Waals surface area contributed by atoms with Crippen molar-refractivity contribution < 1.29 is 13.2 Å². The zero-order valence-electron chi connectivity index (χ0n) is 6.99. The van der Waals surface area contributed by atoms with Crippen molar-refractivity contribution in [1.82, 2.24) is 5.32 Å². The maximum atomic E-state index is 12.2. The SMILES string of the molecule is FC(F)(F)C1=CC2=CCCCC2N1. The summed E-state index contributed by atoms with van der Waals surface area (Å²) in [7, 11) is 0. The van der Waals surface area contributed by atoms with Crippen LogP contribution in [-0.4, -0.2) is 12.2 Å². The predicted molar refractivity (Wildman–Crippen MR) is 43.0 cm³/mol. The van der Waals surface area contributed by atoms with E-state index in [1.165, 1.54) is 6.08 Å². The van der Waals surface area contributed by atoms with Gasteiger partial charge in [0.1, 0.15) is 5.70 Å². The van der Waals surface area contributed by atoms with Crippen LogP contribution in [-0.2, 0) is 0 Å². The number of hydrogen-bond donors (Lipinski definition) is 1. The van der Waals surface area contributed by atoms with Gasteiger partial charge in [-0.25, -0.2) is 0 Å². The van der Waals surface area contributed by atoms with Crippen LogP contribution in [0.4, 0.5) is 13.2 Å². The average molecular weight is 189 g/mol. The fourth-order valence-corrected chi connectivity index (χ4v) is 1.77. The lowest BCUT2D eigenvalue weighted by molar-refractivity contribution is -0.0963. The second-order valence-corrected chi connectivity index (χ2v) is 3.39. The molecule has 4 heteroatoms. The Morgan fingerprint density at radius 1 is 1.38 bits per heavy atom. The van der Waals surface area contributed by atoms with Gasteiger partial charge >= 0.3 is 6.18 Å². The monoisotopic (exact) mass is 189 g/mol. The molecule has 0 spiro atoms. The van der Waals surface area contributed by atoms with Crippen molar-refractivity contribution in [3.63, 3.8) is 0 Å². The van der Waals surface area contributed by atoms with Gasteiger partial charge in [-0.1, -0.05) is 6.08 Å². The molecule has 1 aliphatic heterocycles. The molecular formula is C9H10F3N. The molecule has 72 valence electrons. The van der Waals surface area contributed by atoms with E-state index in [1.54, 1.807) is 0 Å². The number of rotatable bonds is 0. The molecule has 1 unspecified atom stereocenters. The van der Waals surface area contributed by atoms with Gasteiger partial charge in [-0.15, -0.1) is 0 Å². The van der Waals surface area contributed by atoms with E-state index in [0.717, 1.165) is 24.8 Å². The number of allylic oxidation sites excluding steroid dienone is 2. The molecule has 0 fully saturated rings. The molecule has 0 saturated carbocycles. The number of halogens is 3. The maximum Gasteiger partial charge on any atom is 0.430 e. The molecule has 0 saturated heterocycles. The van der Waals surface area contributed by atoms with Gasteiger partial charge in [0.15, 0.2) is 0 Å². The van der Waals surface area contributed by atoms with E-state index in [2.05, 4.69) is 5.32 Å². The van der Waals surface area contributed by atoms with Crippen LogP contribution in [0, 0.1) is 0 Å². The Kier molecular flexibility index (Phi) is 1.86. The Bertz CT molecular complexity index is 275. The highest BCUT2D eigenvalue weighted by molar-refractivity contribution is 5.38. The third kappa shape index (κ3) is 1.57. The Labute approximate surface area is 74.3 Å². The highest BCUT2D eigenvalue weighted by Gasteiger charge is 2.39. The lowest BCUT2D eigenvalue weighted by Gasteiger charge is -2.18. The number of hydrogen-bond acceptors (Lipinski definition) is 1. The number of nitrogens with one attached hydrogen (secondary N) is 1. The summed E-state index contributed by atoms with van der Waals surface area (Å²) in [6, 6.07) is -0.0922. The van der Waals surface area contributed by atoms with Crippen molar-refractivity contribution in [2.45, 2.75) is 31.5 Å². The molecule has 0 bridgehead atoms. The van der Waals surface area contributed by atoms with E-state index in [-0.39, 0.29) is 6.04 Å². The van der Waals surface area contributed by atoms with E-state index >= 15 is 0 Å². The van der Waals surface area contributed by atoms with E-state index in [4.69, 9.17) is 0 Å². The summed E-state index contributed by atoms with van der Waals surface area (Å²) in [5.41, 5.74) is 0.212. The standard InChI is InChI=1S/C9H10F3N/c10-9(11,12)8-5-6-3-1-2-4-7(6)13-8/h3,5,7,13H,1-2,4H2. The van der Waals surface area contributed by atoms with Crippen molar-refractivity contribution in [2.24, 2.45) is 0 Å². The lowest BCUT2D eigenvalue weighted by Crippen LogP contribution is -2.31. The molecule has 2 aliphatic rings. The van der Waals surface area contributed by atoms with Gasteiger partial charge < -0.3 is 5.32 Å². The normalized spacial score (nSPS) is 27.5. The lowest BCUT2D eigenvalue weighted by atomic mass is 9.96. The first-order valence-electron chi connectivity index (χ1n) is 4.33. The Balaban J connectivity index is 2.20. The summed E-state index contributed by atoms with van der Waals surface area (Å²) >= 11 is 0. The molecule has 0 aromatic heterocycles. The zero-order valence-corrected chi connectivity index (χ0v) is 6.99. The minimum atomic E-state index is -4.22. The molecular weight excluding hydrogens is 179 g/mol. The van der Waals surface area contributed by atoms with Crippen molar-refractivity contribution in [1.29, 1.82) is 0 Å².